The molecule has 0 aliphatic carbocycles. The molecule has 2 aromatic carbocycles. The summed E-state index contributed by atoms with van der Waals surface area (Å²) in [6.45, 7) is 4.82. The molecule has 1 atom stereocenters. The summed E-state index contributed by atoms with van der Waals surface area (Å²) in [7, 11) is 0. The molecule has 1 aromatic heterocycles. The standard InChI is InChI=1S/C28H33NO3/c1-3-4-5-6-7-10-21-31-26-18-16-24(17-19-26)23-12-14-25(15-13-23)28(30)32-22(2)27-11-8-9-20-29-27/h8-9,11-20,22H,3-7,10,21H2,1-2H3. The number of carbonyl (C=O) groups excluding carboxylic acids is 1. The molecule has 0 spiro atoms. The van der Waals surface area contributed by atoms with E-state index in [4.69, 9.17) is 9.47 Å². The zero-order chi connectivity index (χ0) is 22.6. The number of unbranched alkanes of at least 4 members (excludes halogenated alkanes) is 5. The molecule has 32 heavy (non-hydrogen) atoms. The maximum atomic E-state index is 12.5. The third kappa shape index (κ3) is 7.23. The van der Waals surface area contributed by atoms with Crippen LogP contribution < -0.4 is 4.74 Å². The van der Waals surface area contributed by atoms with Gasteiger partial charge in [0.1, 0.15) is 11.9 Å². The number of benzene rings is 2. The summed E-state index contributed by atoms with van der Waals surface area (Å²) in [5, 5.41) is 0. The molecule has 4 heteroatoms. The number of esters is 1. The highest BCUT2D eigenvalue weighted by atomic mass is 16.5. The zero-order valence-electron chi connectivity index (χ0n) is 19.1. The highest BCUT2D eigenvalue weighted by molar-refractivity contribution is 5.90. The van der Waals surface area contributed by atoms with Crippen molar-refractivity contribution in [3.05, 3.63) is 84.2 Å². The van der Waals surface area contributed by atoms with Gasteiger partial charge in [0.25, 0.3) is 0 Å². The van der Waals surface area contributed by atoms with Gasteiger partial charge < -0.3 is 9.47 Å². The molecule has 0 N–H and O–H groups in total. The van der Waals surface area contributed by atoms with Crippen molar-refractivity contribution in [2.45, 2.75) is 58.5 Å². The Morgan fingerprint density at radius 2 is 1.50 bits per heavy atom. The van der Waals surface area contributed by atoms with Gasteiger partial charge in [0.05, 0.1) is 17.9 Å². The Labute approximate surface area is 191 Å². The number of hydrogen-bond acceptors (Lipinski definition) is 4. The van der Waals surface area contributed by atoms with E-state index in [1.807, 2.05) is 61.5 Å². The van der Waals surface area contributed by atoms with E-state index in [9.17, 15) is 4.79 Å². The van der Waals surface area contributed by atoms with Gasteiger partial charge in [-0.1, -0.05) is 69.4 Å². The van der Waals surface area contributed by atoms with Gasteiger partial charge in [-0.2, -0.15) is 0 Å². The largest absolute Gasteiger partial charge is 0.494 e. The van der Waals surface area contributed by atoms with Crippen LogP contribution in [0.2, 0.25) is 0 Å². The monoisotopic (exact) mass is 431 g/mol. The number of rotatable bonds is 12. The number of ether oxygens (including phenoxy) is 2. The van der Waals surface area contributed by atoms with Crippen LogP contribution in [-0.4, -0.2) is 17.6 Å². The van der Waals surface area contributed by atoms with Crippen LogP contribution in [0.15, 0.2) is 72.9 Å². The van der Waals surface area contributed by atoms with Gasteiger partial charge in [0.2, 0.25) is 0 Å². The minimum atomic E-state index is -0.396. The first-order chi connectivity index (χ1) is 15.7. The molecule has 1 heterocycles. The first kappa shape index (κ1) is 23.5. The average molecular weight is 432 g/mol. The summed E-state index contributed by atoms with van der Waals surface area (Å²) in [6, 6.07) is 21.1. The van der Waals surface area contributed by atoms with Crippen LogP contribution in [0.4, 0.5) is 0 Å². The second kappa shape index (κ2) is 12.7. The van der Waals surface area contributed by atoms with Crippen LogP contribution in [0.5, 0.6) is 5.75 Å². The van der Waals surface area contributed by atoms with Crippen molar-refractivity contribution in [2.24, 2.45) is 0 Å². The van der Waals surface area contributed by atoms with Gasteiger partial charge in [-0.15, -0.1) is 0 Å². The van der Waals surface area contributed by atoms with Gasteiger partial charge in [-0.25, -0.2) is 4.79 Å². The van der Waals surface area contributed by atoms with Crippen LogP contribution >= 0.6 is 0 Å². The van der Waals surface area contributed by atoms with Crippen molar-refractivity contribution in [2.75, 3.05) is 6.61 Å². The lowest BCUT2D eigenvalue weighted by Crippen LogP contribution is -2.10. The molecular weight excluding hydrogens is 398 g/mol. The van der Waals surface area contributed by atoms with E-state index in [0.29, 0.717) is 5.56 Å². The Hall–Kier alpha value is -3.14. The molecule has 0 saturated heterocycles. The third-order valence-electron chi connectivity index (χ3n) is 5.46. The molecule has 0 radical (unpaired) electrons. The minimum absolute atomic E-state index is 0.354. The highest BCUT2D eigenvalue weighted by Gasteiger charge is 2.14. The van der Waals surface area contributed by atoms with E-state index in [2.05, 4.69) is 11.9 Å². The van der Waals surface area contributed by atoms with E-state index in [0.717, 1.165) is 35.6 Å². The topological polar surface area (TPSA) is 48.4 Å². The van der Waals surface area contributed by atoms with Crippen LogP contribution in [-0.2, 0) is 4.74 Å². The Morgan fingerprint density at radius 1 is 0.844 bits per heavy atom. The fourth-order valence-corrected chi connectivity index (χ4v) is 3.52. The first-order valence-corrected chi connectivity index (χ1v) is 11.6. The highest BCUT2D eigenvalue weighted by Crippen LogP contribution is 2.24. The van der Waals surface area contributed by atoms with Gasteiger partial charge in [-0.3, -0.25) is 4.98 Å². The molecule has 0 fully saturated rings. The lowest BCUT2D eigenvalue weighted by molar-refractivity contribution is 0.0329. The van der Waals surface area contributed by atoms with Crippen molar-refractivity contribution in [1.29, 1.82) is 0 Å². The molecule has 0 amide bonds. The van der Waals surface area contributed by atoms with E-state index >= 15 is 0 Å². The van der Waals surface area contributed by atoms with Gasteiger partial charge in [-0.05, 0) is 60.9 Å². The summed E-state index contributed by atoms with van der Waals surface area (Å²) >= 11 is 0. The van der Waals surface area contributed by atoms with Crippen LogP contribution in [0, 0.1) is 0 Å². The summed E-state index contributed by atoms with van der Waals surface area (Å²) in [5.41, 5.74) is 3.38. The molecule has 0 bridgehead atoms. The van der Waals surface area contributed by atoms with Crippen molar-refractivity contribution in [1.82, 2.24) is 4.98 Å². The van der Waals surface area contributed by atoms with Crippen LogP contribution in [0.25, 0.3) is 11.1 Å². The molecule has 168 valence electrons. The smallest absolute Gasteiger partial charge is 0.338 e. The normalized spacial score (nSPS) is 11.7. The van der Waals surface area contributed by atoms with E-state index in [1.54, 1.807) is 18.3 Å². The Morgan fingerprint density at radius 3 is 2.16 bits per heavy atom. The Balaban J connectivity index is 1.48. The lowest BCUT2D eigenvalue weighted by Gasteiger charge is -2.13. The number of carbonyl (C=O) groups is 1. The fraction of sp³-hybridized carbons (Fsp3) is 0.357. The molecule has 3 aromatic rings. The zero-order valence-corrected chi connectivity index (χ0v) is 19.1. The van der Waals surface area contributed by atoms with E-state index in [1.165, 1.54) is 32.1 Å². The molecule has 1 unspecified atom stereocenters. The number of nitrogens with zero attached hydrogens (tertiary/aromatic N) is 1. The molecule has 0 aliphatic heterocycles. The number of aromatic nitrogens is 1. The second-order valence-electron chi connectivity index (χ2n) is 8.02. The van der Waals surface area contributed by atoms with Gasteiger partial charge >= 0.3 is 5.97 Å². The summed E-state index contributed by atoms with van der Waals surface area (Å²) in [4.78, 5) is 16.7. The average Bonchev–Trinajstić information content (AvgIpc) is 2.84. The lowest BCUT2D eigenvalue weighted by atomic mass is 10.0. The maximum Gasteiger partial charge on any atom is 0.338 e. The summed E-state index contributed by atoms with van der Waals surface area (Å²) in [5.74, 6) is 0.541. The number of hydrogen-bond donors (Lipinski definition) is 0. The predicted octanol–water partition coefficient (Wildman–Crippen LogP) is 7.41. The molecule has 0 saturated carbocycles. The van der Waals surface area contributed by atoms with Crippen molar-refractivity contribution >= 4 is 5.97 Å². The number of pyridine rings is 1. The maximum absolute atomic E-state index is 12.5. The second-order valence-corrected chi connectivity index (χ2v) is 8.02. The van der Waals surface area contributed by atoms with E-state index in [-0.39, 0.29) is 5.97 Å². The summed E-state index contributed by atoms with van der Waals surface area (Å²) in [6.07, 6.45) is 8.85. The Kier molecular flexibility index (Phi) is 9.30. The van der Waals surface area contributed by atoms with E-state index < -0.39 is 6.10 Å². The molecule has 4 nitrogen and oxygen atoms in total. The molecule has 3 rings (SSSR count). The Bertz CT molecular complexity index is 937. The fourth-order valence-electron chi connectivity index (χ4n) is 3.52. The molecular formula is C28H33NO3. The van der Waals surface area contributed by atoms with Gasteiger partial charge in [0, 0.05) is 6.20 Å². The van der Waals surface area contributed by atoms with Crippen molar-refractivity contribution in [3.63, 3.8) is 0 Å². The van der Waals surface area contributed by atoms with Crippen molar-refractivity contribution < 1.29 is 14.3 Å². The first-order valence-electron chi connectivity index (χ1n) is 11.6. The van der Waals surface area contributed by atoms with Crippen molar-refractivity contribution in [3.8, 4) is 16.9 Å². The SMILES string of the molecule is CCCCCCCCOc1ccc(-c2ccc(C(=O)OC(C)c3ccccn3)cc2)cc1. The quantitative estimate of drug-likeness (QED) is 0.221. The van der Waals surface area contributed by atoms with Crippen LogP contribution in [0.1, 0.15) is 74.5 Å². The van der Waals surface area contributed by atoms with Crippen LogP contribution in [0.3, 0.4) is 0 Å². The minimum Gasteiger partial charge on any atom is -0.494 e. The summed E-state index contributed by atoms with van der Waals surface area (Å²) < 4.78 is 11.4. The third-order valence-corrected chi connectivity index (χ3v) is 5.46. The predicted molar refractivity (Wildman–Crippen MR) is 129 cm³/mol. The molecule has 0 aliphatic rings. The van der Waals surface area contributed by atoms with Gasteiger partial charge in [0.15, 0.2) is 0 Å².